The lowest BCUT2D eigenvalue weighted by Crippen LogP contribution is -2.52. The van der Waals surface area contributed by atoms with Gasteiger partial charge in [-0.05, 0) is 61.2 Å². The van der Waals surface area contributed by atoms with Crippen LogP contribution in [0.3, 0.4) is 0 Å². The van der Waals surface area contributed by atoms with Crippen LogP contribution in [0.2, 0.25) is 5.02 Å². The molecule has 0 aromatic heterocycles. The Labute approximate surface area is 230 Å². The topological polar surface area (TPSA) is 67.9 Å². The highest BCUT2D eigenvalue weighted by Gasteiger charge is 2.31. The number of methoxy groups -OCH3 is 1. The van der Waals surface area contributed by atoms with Crippen LogP contribution in [0.4, 0.5) is 0 Å². The van der Waals surface area contributed by atoms with Gasteiger partial charge in [0, 0.05) is 30.5 Å². The number of rotatable bonds is 14. The first kappa shape index (κ1) is 29.1. The smallest absolute Gasteiger partial charge is 0.243 e. The molecule has 0 radical (unpaired) electrons. The number of nitrogens with zero attached hydrogens (tertiary/aromatic N) is 1. The summed E-state index contributed by atoms with van der Waals surface area (Å²) >= 11 is 6.47. The van der Waals surface area contributed by atoms with Crippen LogP contribution in [0.5, 0.6) is 11.5 Å². The van der Waals surface area contributed by atoms with E-state index in [1.54, 1.807) is 18.1 Å². The second-order valence-corrected chi connectivity index (χ2v) is 9.67. The standard InChI is InChI=1S/C31H37ClN2O4/c1-4-23(2)33-31(36)29(21-24-11-6-5-7-12-24)34(22-25-13-8-9-14-28(25)32)30(35)15-10-20-38-27-18-16-26(37-3)17-19-27/h5-9,11-14,16-19,23,29H,4,10,15,20-22H2,1-3H3,(H,33,36)/t23-,29-/m0/s1. The van der Waals surface area contributed by atoms with Gasteiger partial charge >= 0.3 is 0 Å². The van der Waals surface area contributed by atoms with Gasteiger partial charge in [0.1, 0.15) is 17.5 Å². The fourth-order valence-electron chi connectivity index (χ4n) is 4.03. The molecule has 1 N–H and O–H groups in total. The Kier molecular flexibility index (Phi) is 11.5. The molecule has 3 aromatic rings. The van der Waals surface area contributed by atoms with E-state index in [9.17, 15) is 9.59 Å². The molecule has 0 aliphatic heterocycles. The van der Waals surface area contributed by atoms with Crippen LogP contribution in [-0.4, -0.2) is 42.5 Å². The van der Waals surface area contributed by atoms with Gasteiger partial charge in [0.25, 0.3) is 0 Å². The largest absolute Gasteiger partial charge is 0.497 e. The number of nitrogens with one attached hydrogen (secondary N) is 1. The van der Waals surface area contributed by atoms with E-state index in [0.29, 0.717) is 30.2 Å². The summed E-state index contributed by atoms with van der Waals surface area (Å²) in [5.41, 5.74) is 1.78. The molecular formula is C31H37ClN2O4. The quantitative estimate of drug-likeness (QED) is 0.254. The molecule has 7 heteroatoms. The molecule has 0 saturated heterocycles. The van der Waals surface area contributed by atoms with Gasteiger partial charge in [0.15, 0.2) is 0 Å². The predicted molar refractivity (Wildman–Crippen MR) is 152 cm³/mol. The van der Waals surface area contributed by atoms with Gasteiger partial charge in [-0.1, -0.05) is 67.1 Å². The van der Waals surface area contributed by atoms with Crippen molar-refractivity contribution in [2.75, 3.05) is 13.7 Å². The molecule has 6 nitrogen and oxygen atoms in total. The molecule has 0 heterocycles. The molecule has 0 aliphatic rings. The highest BCUT2D eigenvalue weighted by atomic mass is 35.5. The van der Waals surface area contributed by atoms with E-state index in [4.69, 9.17) is 21.1 Å². The van der Waals surface area contributed by atoms with Crippen molar-refractivity contribution < 1.29 is 19.1 Å². The fourth-order valence-corrected chi connectivity index (χ4v) is 4.23. The van der Waals surface area contributed by atoms with E-state index in [1.807, 2.05) is 86.6 Å². The van der Waals surface area contributed by atoms with Crippen LogP contribution in [0.25, 0.3) is 0 Å². The van der Waals surface area contributed by atoms with Crippen LogP contribution < -0.4 is 14.8 Å². The molecule has 0 unspecified atom stereocenters. The lowest BCUT2D eigenvalue weighted by atomic mass is 10.0. The van der Waals surface area contributed by atoms with Crippen molar-refractivity contribution in [3.63, 3.8) is 0 Å². The number of benzene rings is 3. The summed E-state index contributed by atoms with van der Waals surface area (Å²) in [4.78, 5) is 28.9. The van der Waals surface area contributed by atoms with E-state index in [2.05, 4.69) is 5.32 Å². The number of carbonyl (C=O) groups excluding carboxylic acids is 2. The SMILES string of the molecule is CC[C@H](C)NC(=O)[C@H](Cc1ccccc1)N(Cc1ccccc1Cl)C(=O)CCCOc1ccc(OC)cc1. The van der Waals surface area contributed by atoms with Crippen LogP contribution >= 0.6 is 11.6 Å². The highest BCUT2D eigenvalue weighted by molar-refractivity contribution is 6.31. The Bertz CT molecular complexity index is 1150. The fraction of sp³-hybridized carbons (Fsp3) is 0.355. The molecule has 202 valence electrons. The molecule has 0 aliphatic carbocycles. The first-order valence-corrected chi connectivity index (χ1v) is 13.4. The second kappa shape index (κ2) is 15.0. The molecule has 0 spiro atoms. The molecule has 0 fully saturated rings. The van der Waals surface area contributed by atoms with E-state index in [0.717, 1.165) is 23.3 Å². The van der Waals surface area contributed by atoms with Gasteiger partial charge in [0.2, 0.25) is 11.8 Å². The maximum atomic E-state index is 13.7. The van der Waals surface area contributed by atoms with Gasteiger partial charge in [-0.25, -0.2) is 0 Å². The maximum absolute atomic E-state index is 13.7. The number of hydrogen-bond acceptors (Lipinski definition) is 4. The van der Waals surface area contributed by atoms with E-state index in [-0.39, 0.29) is 30.8 Å². The number of halogens is 1. The highest BCUT2D eigenvalue weighted by Crippen LogP contribution is 2.22. The van der Waals surface area contributed by atoms with E-state index in [1.165, 1.54) is 0 Å². The first-order chi connectivity index (χ1) is 18.4. The third-order valence-electron chi connectivity index (χ3n) is 6.43. The zero-order chi connectivity index (χ0) is 27.3. The molecule has 2 amide bonds. The first-order valence-electron chi connectivity index (χ1n) is 13.0. The zero-order valence-corrected chi connectivity index (χ0v) is 23.1. The Morgan fingerprint density at radius 2 is 1.61 bits per heavy atom. The number of hydrogen-bond donors (Lipinski definition) is 1. The van der Waals surface area contributed by atoms with Crippen LogP contribution in [0.1, 0.15) is 44.2 Å². The van der Waals surface area contributed by atoms with Gasteiger partial charge in [-0.15, -0.1) is 0 Å². The van der Waals surface area contributed by atoms with E-state index >= 15 is 0 Å². The van der Waals surface area contributed by atoms with Crippen molar-refractivity contribution in [3.05, 3.63) is 95.0 Å². The normalized spacial score (nSPS) is 12.3. The summed E-state index contributed by atoms with van der Waals surface area (Å²) in [5.74, 6) is 1.17. The molecule has 3 aromatic carbocycles. The molecule has 2 atom stereocenters. The summed E-state index contributed by atoms with van der Waals surface area (Å²) < 4.78 is 11.0. The number of carbonyl (C=O) groups is 2. The van der Waals surface area contributed by atoms with Crippen molar-refractivity contribution in [1.29, 1.82) is 0 Å². The van der Waals surface area contributed by atoms with Crippen LogP contribution in [0.15, 0.2) is 78.9 Å². The number of ether oxygens (including phenoxy) is 2. The molecule has 38 heavy (non-hydrogen) atoms. The van der Waals surface area contributed by atoms with Crippen molar-refractivity contribution in [2.24, 2.45) is 0 Å². The molecule has 3 rings (SSSR count). The second-order valence-electron chi connectivity index (χ2n) is 9.26. The average Bonchev–Trinajstić information content (AvgIpc) is 2.94. The number of amides is 2. The third-order valence-corrected chi connectivity index (χ3v) is 6.80. The Hall–Kier alpha value is -3.51. The Balaban J connectivity index is 1.78. The van der Waals surface area contributed by atoms with Gasteiger partial charge < -0.3 is 19.7 Å². The zero-order valence-electron chi connectivity index (χ0n) is 22.4. The minimum absolute atomic E-state index is 0.00376. The van der Waals surface area contributed by atoms with Crippen LogP contribution in [0, 0.1) is 0 Å². The van der Waals surface area contributed by atoms with Crippen molar-refractivity contribution in [3.8, 4) is 11.5 Å². The Morgan fingerprint density at radius 3 is 2.26 bits per heavy atom. The van der Waals surface area contributed by atoms with Gasteiger partial charge in [0.05, 0.1) is 13.7 Å². The summed E-state index contributed by atoms with van der Waals surface area (Å²) in [7, 11) is 1.62. The summed E-state index contributed by atoms with van der Waals surface area (Å²) in [5, 5.41) is 3.65. The minimum atomic E-state index is -0.683. The lowest BCUT2D eigenvalue weighted by molar-refractivity contribution is -0.141. The van der Waals surface area contributed by atoms with Gasteiger partial charge in [-0.2, -0.15) is 0 Å². The Morgan fingerprint density at radius 1 is 0.947 bits per heavy atom. The van der Waals surface area contributed by atoms with Crippen molar-refractivity contribution in [1.82, 2.24) is 10.2 Å². The molecule has 0 saturated carbocycles. The van der Waals surface area contributed by atoms with Gasteiger partial charge in [-0.3, -0.25) is 9.59 Å². The average molecular weight is 537 g/mol. The van der Waals surface area contributed by atoms with Crippen LogP contribution in [-0.2, 0) is 22.6 Å². The maximum Gasteiger partial charge on any atom is 0.243 e. The summed E-state index contributed by atoms with van der Waals surface area (Å²) in [6.45, 7) is 4.60. The van der Waals surface area contributed by atoms with Crippen molar-refractivity contribution in [2.45, 2.75) is 58.2 Å². The minimum Gasteiger partial charge on any atom is -0.497 e. The summed E-state index contributed by atoms with van der Waals surface area (Å²) in [6, 6.07) is 23.8. The summed E-state index contributed by atoms with van der Waals surface area (Å²) in [6.07, 6.45) is 1.95. The third kappa shape index (κ3) is 8.80. The monoisotopic (exact) mass is 536 g/mol. The van der Waals surface area contributed by atoms with Crippen molar-refractivity contribution >= 4 is 23.4 Å². The lowest BCUT2D eigenvalue weighted by Gasteiger charge is -2.32. The predicted octanol–water partition coefficient (Wildman–Crippen LogP) is 6.06. The molecule has 0 bridgehead atoms. The van der Waals surface area contributed by atoms with E-state index < -0.39 is 6.04 Å². The molecular weight excluding hydrogens is 500 g/mol.